The van der Waals surface area contributed by atoms with Crippen molar-refractivity contribution in [2.45, 2.75) is 18.6 Å². The standard InChI is InChI=1S/C12H17ClN2OS/c1-9(17-8-4-7-14)12(16)15-11-6-3-2-5-10(11)13/h2-3,5-6,9H,4,7-8,14H2,1H3,(H,15,16). The molecule has 0 aliphatic carbocycles. The van der Waals surface area contributed by atoms with Gasteiger partial charge in [-0.15, -0.1) is 11.8 Å². The van der Waals surface area contributed by atoms with Gasteiger partial charge < -0.3 is 11.1 Å². The Bertz CT molecular complexity index is 373. The number of rotatable bonds is 6. The van der Waals surface area contributed by atoms with Crippen molar-refractivity contribution < 1.29 is 4.79 Å². The van der Waals surface area contributed by atoms with Gasteiger partial charge in [-0.25, -0.2) is 0 Å². The highest BCUT2D eigenvalue weighted by Gasteiger charge is 2.13. The van der Waals surface area contributed by atoms with E-state index >= 15 is 0 Å². The number of para-hydroxylation sites is 1. The second kappa shape index (κ2) is 7.58. The third-order valence-electron chi connectivity index (χ3n) is 2.22. The van der Waals surface area contributed by atoms with E-state index in [0.717, 1.165) is 12.2 Å². The Morgan fingerprint density at radius 2 is 2.24 bits per heavy atom. The molecule has 1 amide bonds. The summed E-state index contributed by atoms with van der Waals surface area (Å²) >= 11 is 7.56. The van der Waals surface area contributed by atoms with Gasteiger partial charge in [-0.1, -0.05) is 23.7 Å². The van der Waals surface area contributed by atoms with Gasteiger partial charge in [0.15, 0.2) is 0 Å². The van der Waals surface area contributed by atoms with Gasteiger partial charge in [0.2, 0.25) is 5.91 Å². The minimum Gasteiger partial charge on any atom is -0.330 e. The van der Waals surface area contributed by atoms with Gasteiger partial charge in [0.1, 0.15) is 0 Å². The van der Waals surface area contributed by atoms with Crippen molar-refractivity contribution in [3.8, 4) is 0 Å². The van der Waals surface area contributed by atoms with E-state index in [1.807, 2.05) is 19.1 Å². The Kier molecular flexibility index (Phi) is 6.40. The molecule has 0 saturated heterocycles. The summed E-state index contributed by atoms with van der Waals surface area (Å²) in [6, 6.07) is 7.21. The van der Waals surface area contributed by atoms with Gasteiger partial charge in [-0.05, 0) is 37.8 Å². The molecule has 0 fully saturated rings. The van der Waals surface area contributed by atoms with E-state index in [9.17, 15) is 4.79 Å². The summed E-state index contributed by atoms with van der Waals surface area (Å²) in [4.78, 5) is 11.8. The maximum atomic E-state index is 11.8. The highest BCUT2D eigenvalue weighted by Crippen LogP contribution is 2.22. The van der Waals surface area contributed by atoms with Crippen molar-refractivity contribution in [1.29, 1.82) is 0 Å². The average Bonchev–Trinajstić information content (AvgIpc) is 2.32. The molecule has 0 aromatic heterocycles. The maximum absolute atomic E-state index is 11.8. The van der Waals surface area contributed by atoms with Crippen LogP contribution in [0.3, 0.4) is 0 Å². The lowest BCUT2D eigenvalue weighted by Gasteiger charge is -2.12. The fraction of sp³-hybridized carbons (Fsp3) is 0.417. The topological polar surface area (TPSA) is 55.1 Å². The van der Waals surface area contributed by atoms with E-state index < -0.39 is 0 Å². The van der Waals surface area contributed by atoms with Gasteiger partial charge in [-0.2, -0.15) is 0 Å². The molecule has 17 heavy (non-hydrogen) atoms. The fourth-order valence-corrected chi connectivity index (χ4v) is 2.30. The number of thioether (sulfide) groups is 1. The number of carbonyl (C=O) groups is 1. The highest BCUT2D eigenvalue weighted by molar-refractivity contribution is 8.00. The number of amides is 1. The molecule has 94 valence electrons. The van der Waals surface area contributed by atoms with E-state index in [2.05, 4.69) is 5.32 Å². The summed E-state index contributed by atoms with van der Waals surface area (Å²) in [5.74, 6) is 0.869. The molecule has 5 heteroatoms. The number of carbonyl (C=O) groups excluding carboxylic acids is 1. The Morgan fingerprint density at radius 1 is 1.53 bits per heavy atom. The van der Waals surface area contributed by atoms with Crippen LogP contribution in [-0.4, -0.2) is 23.5 Å². The first kappa shape index (κ1) is 14.4. The Hall–Kier alpha value is -0.710. The lowest BCUT2D eigenvalue weighted by molar-refractivity contribution is -0.115. The second-order valence-corrected chi connectivity index (χ2v) is 5.48. The molecule has 0 heterocycles. The molecule has 3 nitrogen and oxygen atoms in total. The van der Waals surface area contributed by atoms with Crippen molar-refractivity contribution >= 4 is 35.0 Å². The summed E-state index contributed by atoms with van der Waals surface area (Å²) in [5.41, 5.74) is 6.06. The second-order valence-electron chi connectivity index (χ2n) is 3.62. The van der Waals surface area contributed by atoms with Gasteiger partial charge in [0.25, 0.3) is 0 Å². The smallest absolute Gasteiger partial charge is 0.237 e. The SMILES string of the molecule is CC(SCCCN)C(=O)Nc1ccccc1Cl. The molecule has 1 unspecified atom stereocenters. The third-order valence-corrected chi connectivity index (χ3v) is 3.79. The minimum atomic E-state index is -0.0992. The molecule has 0 aliphatic rings. The van der Waals surface area contributed by atoms with Crippen molar-refractivity contribution in [2.24, 2.45) is 5.73 Å². The molecule has 0 aliphatic heterocycles. The van der Waals surface area contributed by atoms with Crippen LogP contribution in [0.5, 0.6) is 0 Å². The van der Waals surface area contributed by atoms with Crippen LogP contribution in [0, 0.1) is 0 Å². The van der Waals surface area contributed by atoms with Crippen LogP contribution in [0.1, 0.15) is 13.3 Å². The zero-order valence-electron chi connectivity index (χ0n) is 9.78. The number of benzene rings is 1. The van der Waals surface area contributed by atoms with Gasteiger partial charge in [0, 0.05) is 0 Å². The van der Waals surface area contributed by atoms with E-state index in [-0.39, 0.29) is 11.2 Å². The molecule has 0 bridgehead atoms. The number of hydrogen-bond acceptors (Lipinski definition) is 3. The molecule has 0 radical (unpaired) electrons. The molecule has 0 saturated carbocycles. The molecular weight excluding hydrogens is 256 g/mol. The lowest BCUT2D eigenvalue weighted by atomic mass is 10.3. The van der Waals surface area contributed by atoms with Gasteiger partial charge >= 0.3 is 0 Å². The van der Waals surface area contributed by atoms with E-state index in [1.165, 1.54) is 0 Å². The molecule has 1 rings (SSSR count). The monoisotopic (exact) mass is 272 g/mol. The minimum absolute atomic E-state index is 0.0277. The van der Waals surface area contributed by atoms with Crippen molar-refractivity contribution in [3.05, 3.63) is 29.3 Å². The zero-order valence-corrected chi connectivity index (χ0v) is 11.4. The number of anilines is 1. The van der Waals surface area contributed by atoms with Crippen LogP contribution in [0.25, 0.3) is 0 Å². The average molecular weight is 273 g/mol. The first-order valence-corrected chi connectivity index (χ1v) is 6.95. The zero-order chi connectivity index (χ0) is 12.7. The van der Waals surface area contributed by atoms with Crippen LogP contribution in [0.4, 0.5) is 5.69 Å². The largest absolute Gasteiger partial charge is 0.330 e. The number of nitrogens with one attached hydrogen (secondary N) is 1. The van der Waals surface area contributed by atoms with E-state index in [1.54, 1.807) is 23.9 Å². The number of nitrogens with two attached hydrogens (primary N) is 1. The maximum Gasteiger partial charge on any atom is 0.237 e. The van der Waals surface area contributed by atoms with Crippen molar-refractivity contribution in [2.75, 3.05) is 17.6 Å². The van der Waals surface area contributed by atoms with Crippen LogP contribution in [0.2, 0.25) is 5.02 Å². The predicted octanol–water partition coefficient (Wildman–Crippen LogP) is 2.75. The summed E-state index contributed by atoms with van der Waals surface area (Å²) in [5, 5.41) is 3.27. The number of hydrogen-bond donors (Lipinski definition) is 2. The quantitative estimate of drug-likeness (QED) is 0.783. The van der Waals surface area contributed by atoms with Crippen LogP contribution in [-0.2, 0) is 4.79 Å². The first-order valence-electron chi connectivity index (χ1n) is 5.52. The molecular formula is C12H17ClN2OS. The van der Waals surface area contributed by atoms with Crippen molar-refractivity contribution in [1.82, 2.24) is 0 Å². The summed E-state index contributed by atoms with van der Waals surface area (Å²) in [6.45, 7) is 2.54. The Morgan fingerprint density at radius 3 is 2.88 bits per heavy atom. The summed E-state index contributed by atoms with van der Waals surface area (Å²) in [6.07, 6.45) is 0.925. The van der Waals surface area contributed by atoms with Crippen LogP contribution < -0.4 is 11.1 Å². The van der Waals surface area contributed by atoms with E-state index in [0.29, 0.717) is 17.3 Å². The van der Waals surface area contributed by atoms with E-state index in [4.69, 9.17) is 17.3 Å². The summed E-state index contributed by atoms with van der Waals surface area (Å²) < 4.78 is 0. The fourth-order valence-electron chi connectivity index (χ4n) is 1.22. The highest BCUT2D eigenvalue weighted by atomic mass is 35.5. The van der Waals surface area contributed by atoms with Crippen LogP contribution >= 0.6 is 23.4 Å². The van der Waals surface area contributed by atoms with Crippen LogP contribution in [0.15, 0.2) is 24.3 Å². The van der Waals surface area contributed by atoms with Gasteiger partial charge in [-0.3, -0.25) is 4.79 Å². The molecule has 1 aromatic carbocycles. The normalized spacial score (nSPS) is 12.2. The van der Waals surface area contributed by atoms with Crippen molar-refractivity contribution in [3.63, 3.8) is 0 Å². The molecule has 1 aromatic rings. The predicted molar refractivity (Wildman–Crippen MR) is 75.7 cm³/mol. The van der Waals surface area contributed by atoms with Gasteiger partial charge in [0.05, 0.1) is 16.0 Å². The number of halogens is 1. The molecule has 1 atom stereocenters. The summed E-state index contributed by atoms with van der Waals surface area (Å²) in [7, 11) is 0. The lowest BCUT2D eigenvalue weighted by Crippen LogP contribution is -2.23. The third kappa shape index (κ3) is 4.98. The Balaban J connectivity index is 2.46. The first-order chi connectivity index (χ1) is 8.15. The molecule has 3 N–H and O–H groups in total. The molecule has 0 spiro atoms. The Labute approximate surface area is 111 Å².